The van der Waals surface area contributed by atoms with Crippen molar-refractivity contribution >= 4 is 17.2 Å². The van der Waals surface area contributed by atoms with Crippen LogP contribution in [0.15, 0.2) is 18.3 Å². The molecule has 0 atom stereocenters. The summed E-state index contributed by atoms with van der Waals surface area (Å²) in [6, 6.07) is 5.21. The molecule has 4 rings (SSSR count). The number of carbonyl (C=O) groups excluding carboxylic acids is 1. The van der Waals surface area contributed by atoms with Crippen LogP contribution in [0.2, 0.25) is 0 Å². The molecular formula is C16H17NO. The van der Waals surface area contributed by atoms with Crippen LogP contribution >= 0.6 is 0 Å². The van der Waals surface area contributed by atoms with Gasteiger partial charge in [0, 0.05) is 23.2 Å². The van der Waals surface area contributed by atoms with Crippen LogP contribution in [-0.4, -0.2) is 10.9 Å². The zero-order chi connectivity index (χ0) is 12.3. The van der Waals surface area contributed by atoms with E-state index in [-0.39, 0.29) is 0 Å². The molecule has 1 aromatic carbocycles. The first-order chi connectivity index (χ1) is 8.78. The molecule has 0 bridgehead atoms. The van der Waals surface area contributed by atoms with E-state index in [0.717, 1.165) is 17.8 Å². The molecule has 1 aromatic heterocycles. The summed E-state index contributed by atoms with van der Waals surface area (Å²) in [7, 11) is 0. The first kappa shape index (κ1) is 10.4. The Bertz CT molecular complexity index is 645. The van der Waals surface area contributed by atoms with E-state index in [9.17, 15) is 4.79 Å². The Morgan fingerprint density at radius 3 is 2.61 bits per heavy atom. The smallest absolute Gasteiger partial charge is 0.152 e. The number of fused-ring (bicyclic) bond motifs is 1. The molecule has 2 nitrogen and oxygen atoms in total. The number of hydrogen-bond donors (Lipinski definition) is 0. The van der Waals surface area contributed by atoms with Crippen LogP contribution in [0.1, 0.15) is 59.1 Å². The van der Waals surface area contributed by atoms with Crippen LogP contribution in [0.3, 0.4) is 0 Å². The van der Waals surface area contributed by atoms with Gasteiger partial charge in [-0.05, 0) is 55.7 Å². The van der Waals surface area contributed by atoms with Gasteiger partial charge in [0.15, 0.2) is 6.29 Å². The van der Waals surface area contributed by atoms with Crippen LogP contribution in [0.25, 0.3) is 10.9 Å². The summed E-state index contributed by atoms with van der Waals surface area (Å²) < 4.78 is 2.32. The van der Waals surface area contributed by atoms with E-state index in [4.69, 9.17) is 0 Å². The maximum Gasteiger partial charge on any atom is 0.152 e. The summed E-state index contributed by atoms with van der Waals surface area (Å²) in [5, 5.41) is 1.17. The Hall–Kier alpha value is -1.57. The van der Waals surface area contributed by atoms with Crippen LogP contribution in [0.4, 0.5) is 0 Å². The molecular weight excluding hydrogens is 222 g/mol. The number of aromatic nitrogens is 1. The monoisotopic (exact) mass is 239 g/mol. The van der Waals surface area contributed by atoms with Gasteiger partial charge in [-0.25, -0.2) is 0 Å². The zero-order valence-corrected chi connectivity index (χ0v) is 10.6. The summed E-state index contributed by atoms with van der Waals surface area (Å²) in [5.74, 6) is 0.747. The van der Waals surface area contributed by atoms with Gasteiger partial charge in [-0.3, -0.25) is 4.79 Å². The lowest BCUT2D eigenvalue weighted by atomic mass is 10.0. The van der Waals surface area contributed by atoms with Crippen molar-refractivity contribution in [2.45, 2.75) is 44.6 Å². The van der Waals surface area contributed by atoms with E-state index < -0.39 is 0 Å². The van der Waals surface area contributed by atoms with Crippen molar-refractivity contribution in [2.75, 3.05) is 0 Å². The largest absolute Gasteiger partial charge is 0.343 e. The lowest BCUT2D eigenvalue weighted by Crippen LogP contribution is -1.93. The van der Waals surface area contributed by atoms with Gasteiger partial charge in [-0.2, -0.15) is 0 Å². The molecule has 0 aliphatic heterocycles. The molecule has 0 spiro atoms. The maximum absolute atomic E-state index is 11.3. The highest BCUT2D eigenvalue weighted by Gasteiger charge is 2.28. The first-order valence-electron chi connectivity index (χ1n) is 6.88. The van der Waals surface area contributed by atoms with Crippen molar-refractivity contribution < 1.29 is 4.79 Å². The fraction of sp³-hybridized carbons (Fsp3) is 0.438. The maximum atomic E-state index is 11.3. The molecule has 0 radical (unpaired) electrons. The number of hydrogen-bond acceptors (Lipinski definition) is 1. The molecule has 92 valence electrons. The Kier molecular flexibility index (Phi) is 2.00. The summed E-state index contributed by atoms with van der Waals surface area (Å²) >= 11 is 0. The second-order valence-electron chi connectivity index (χ2n) is 5.85. The van der Waals surface area contributed by atoms with E-state index >= 15 is 0 Å². The first-order valence-corrected chi connectivity index (χ1v) is 6.88. The van der Waals surface area contributed by atoms with Crippen molar-refractivity contribution in [1.82, 2.24) is 4.57 Å². The van der Waals surface area contributed by atoms with Crippen LogP contribution in [0, 0.1) is 6.92 Å². The number of benzene rings is 1. The van der Waals surface area contributed by atoms with Gasteiger partial charge in [-0.1, -0.05) is 6.07 Å². The van der Waals surface area contributed by atoms with Gasteiger partial charge in [0.1, 0.15) is 0 Å². The lowest BCUT2D eigenvalue weighted by Gasteiger charge is -2.08. The lowest BCUT2D eigenvalue weighted by molar-refractivity contribution is 0.112. The number of aldehydes is 1. The molecule has 2 saturated carbocycles. The highest BCUT2D eigenvalue weighted by molar-refractivity contribution is 5.99. The van der Waals surface area contributed by atoms with Crippen molar-refractivity contribution in [3.8, 4) is 0 Å². The molecule has 2 aromatic rings. The van der Waals surface area contributed by atoms with E-state index in [1.807, 2.05) is 0 Å². The highest BCUT2D eigenvalue weighted by Crippen LogP contribution is 2.44. The molecule has 18 heavy (non-hydrogen) atoms. The van der Waals surface area contributed by atoms with Gasteiger partial charge in [-0.15, -0.1) is 0 Å². The van der Waals surface area contributed by atoms with Crippen molar-refractivity contribution in [3.63, 3.8) is 0 Å². The third-order valence-corrected chi connectivity index (χ3v) is 4.29. The van der Waals surface area contributed by atoms with Crippen LogP contribution in [-0.2, 0) is 0 Å². The third-order valence-electron chi connectivity index (χ3n) is 4.29. The standard InChI is InChI=1S/C16H17NO/c1-10-6-12(11-2-3-11)7-15-13(9-18)8-17(16(10)15)14-4-5-14/h6-9,11,14H,2-5H2,1H3. The molecule has 0 N–H and O–H groups in total. The highest BCUT2D eigenvalue weighted by atomic mass is 16.1. The van der Waals surface area contributed by atoms with E-state index in [0.29, 0.717) is 6.04 Å². The van der Waals surface area contributed by atoms with E-state index in [1.165, 1.54) is 47.7 Å². The summed E-state index contributed by atoms with van der Waals surface area (Å²) in [5.41, 5.74) is 4.90. The van der Waals surface area contributed by atoms with Crippen molar-refractivity contribution in [2.24, 2.45) is 0 Å². The quantitative estimate of drug-likeness (QED) is 0.743. The Balaban J connectivity index is 2.01. The zero-order valence-electron chi connectivity index (χ0n) is 10.6. The molecule has 2 fully saturated rings. The van der Waals surface area contributed by atoms with Gasteiger partial charge < -0.3 is 4.57 Å². The molecule has 0 unspecified atom stereocenters. The molecule has 1 heterocycles. The van der Waals surface area contributed by atoms with Crippen LogP contribution < -0.4 is 0 Å². The number of rotatable bonds is 3. The topological polar surface area (TPSA) is 22.0 Å². The minimum absolute atomic E-state index is 0.631. The SMILES string of the molecule is Cc1cc(C2CC2)cc2c(C=O)cn(C3CC3)c12. The molecule has 2 aliphatic carbocycles. The van der Waals surface area contributed by atoms with Crippen molar-refractivity contribution in [3.05, 3.63) is 35.0 Å². The number of aryl methyl sites for hydroxylation is 1. The Morgan fingerprint density at radius 1 is 1.22 bits per heavy atom. The normalized spacial score (nSPS) is 19.4. The summed E-state index contributed by atoms with van der Waals surface area (Å²) in [6.45, 7) is 2.18. The summed E-state index contributed by atoms with van der Waals surface area (Å²) in [6.07, 6.45) is 8.20. The third kappa shape index (κ3) is 1.45. The molecule has 0 amide bonds. The van der Waals surface area contributed by atoms with Gasteiger partial charge >= 0.3 is 0 Å². The average Bonchev–Trinajstić information content (AvgIpc) is 3.24. The fourth-order valence-corrected chi connectivity index (χ4v) is 3.04. The van der Waals surface area contributed by atoms with E-state index in [2.05, 4.69) is 29.8 Å². The fourth-order valence-electron chi connectivity index (χ4n) is 3.04. The van der Waals surface area contributed by atoms with Gasteiger partial charge in [0.25, 0.3) is 0 Å². The molecule has 2 aliphatic rings. The second kappa shape index (κ2) is 3.47. The number of nitrogens with zero attached hydrogens (tertiary/aromatic N) is 1. The molecule has 0 saturated heterocycles. The molecule has 2 heteroatoms. The Morgan fingerprint density at radius 2 is 2.00 bits per heavy atom. The summed E-state index contributed by atoms with van der Waals surface area (Å²) in [4.78, 5) is 11.3. The van der Waals surface area contributed by atoms with Gasteiger partial charge in [0.05, 0.1) is 5.52 Å². The average molecular weight is 239 g/mol. The number of carbonyl (C=O) groups is 1. The van der Waals surface area contributed by atoms with E-state index in [1.54, 1.807) is 0 Å². The predicted molar refractivity (Wildman–Crippen MR) is 72.3 cm³/mol. The second-order valence-corrected chi connectivity index (χ2v) is 5.85. The van der Waals surface area contributed by atoms with Crippen molar-refractivity contribution in [1.29, 1.82) is 0 Å². The van der Waals surface area contributed by atoms with Gasteiger partial charge in [0.2, 0.25) is 0 Å². The van der Waals surface area contributed by atoms with Crippen LogP contribution in [0.5, 0.6) is 0 Å². The minimum Gasteiger partial charge on any atom is -0.343 e. The Labute approximate surface area is 107 Å². The minimum atomic E-state index is 0.631. The predicted octanol–water partition coefficient (Wildman–Crippen LogP) is 3.97.